The summed E-state index contributed by atoms with van der Waals surface area (Å²) in [6.07, 6.45) is 7.38. The Morgan fingerprint density at radius 1 is 0.967 bits per heavy atom. The molecule has 0 radical (unpaired) electrons. The number of carbonyl (C=O) groups excluding carboxylic acids is 2. The molecule has 152 valence electrons. The number of benzene rings is 2. The minimum Gasteiger partial charge on any atom is -0.349 e. The first kappa shape index (κ1) is 18.7. The third-order valence-corrected chi connectivity index (χ3v) is 6.60. The molecule has 2 fully saturated rings. The molecule has 1 saturated carbocycles. The zero-order valence-electron chi connectivity index (χ0n) is 16.8. The average Bonchev–Trinajstić information content (AvgIpc) is 3.11. The predicted octanol–water partition coefficient (Wildman–Crippen LogP) is 3.73. The van der Waals surface area contributed by atoms with Crippen LogP contribution in [0.25, 0.3) is 11.0 Å². The molecule has 1 spiro atoms. The highest BCUT2D eigenvalue weighted by Crippen LogP contribution is 2.46. The van der Waals surface area contributed by atoms with Crippen molar-refractivity contribution in [2.45, 2.75) is 38.1 Å². The zero-order valence-corrected chi connectivity index (χ0v) is 16.8. The molecule has 1 saturated heterocycles. The summed E-state index contributed by atoms with van der Waals surface area (Å²) in [5.41, 5.74) is 2.58. The van der Waals surface area contributed by atoms with Gasteiger partial charge in [-0.05, 0) is 56.4 Å². The third kappa shape index (κ3) is 3.22. The highest BCUT2D eigenvalue weighted by Gasteiger charge is 2.48. The van der Waals surface area contributed by atoms with Gasteiger partial charge in [-0.2, -0.15) is 0 Å². The molecule has 2 aromatic carbocycles. The second kappa shape index (κ2) is 7.52. The molecule has 1 aromatic heterocycles. The first-order chi connectivity index (χ1) is 14.7. The summed E-state index contributed by atoms with van der Waals surface area (Å²) in [4.78, 5) is 36.6. The van der Waals surface area contributed by atoms with E-state index in [9.17, 15) is 9.59 Å². The molecule has 2 amide bonds. The van der Waals surface area contributed by atoms with E-state index in [2.05, 4.69) is 15.3 Å². The maximum Gasteiger partial charge on any atom is 0.253 e. The summed E-state index contributed by atoms with van der Waals surface area (Å²) in [5, 5.41) is 3.16. The Morgan fingerprint density at radius 3 is 2.53 bits per heavy atom. The third-order valence-electron chi connectivity index (χ3n) is 6.60. The molecule has 0 unspecified atom stereocenters. The van der Waals surface area contributed by atoms with Gasteiger partial charge < -0.3 is 10.2 Å². The standard InChI is InChI=1S/C24H24N4O2/c29-22(19-7-4-8-20-21(19)26-15-14-25-20)27-17-9-11-24(12-10-17)13-16-28(23(24)30)18-5-2-1-3-6-18/h1-8,14-15,17H,9-13,16H2,(H,27,29). The van der Waals surface area contributed by atoms with Gasteiger partial charge in [-0.25, -0.2) is 0 Å². The van der Waals surface area contributed by atoms with Gasteiger partial charge in [-0.1, -0.05) is 24.3 Å². The fourth-order valence-electron chi connectivity index (χ4n) is 4.89. The van der Waals surface area contributed by atoms with Crippen LogP contribution in [0.2, 0.25) is 0 Å². The van der Waals surface area contributed by atoms with Gasteiger partial charge in [0, 0.05) is 30.7 Å². The second-order valence-electron chi connectivity index (χ2n) is 8.30. The maximum atomic E-state index is 13.2. The molecule has 1 aliphatic carbocycles. The Labute approximate surface area is 175 Å². The number of nitrogens with zero attached hydrogens (tertiary/aromatic N) is 3. The number of nitrogens with one attached hydrogen (secondary N) is 1. The van der Waals surface area contributed by atoms with Crippen molar-refractivity contribution >= 4 is 28.5 Å². The number of anilines is 1. The van der Waals surface area contributed by atoms with Crippen LogP contribution in [0, 0.1) is 5.41 Å². The second-order valence-corrected chi connectivity index (χ2v) is 8.30. The van der Waals surface area contributed by atoms with Gasteiger partial charge in [0.1, 0.15) is 5.52 Å². The summed E-state index contributed by atoms with van der Waals surface area (Å²) < 4.78 is 0. The van der Waals surface area contributed by atoms with E-state index in [0.29, 0.717) is 16.6 Å². The van der Waals surface area contributed by atoms with Gasteiger partial charge >= 0.3 is 0 Å². The first-order valence-corrected chi connectivity index (χ1v) is 10.5. The van der Waals surface area contributed by atoms with Crippen molar-refractivity contribution in [1.82, 2.24) is 15.3 Å². The normalized spacial score (nSPS) is 23.8. The monoisotopic (exact) mass is 400 g/mol. The summed E-state index contributed by atoms with van der Waals surface area (Å²) >= 11 is 0. The number of amides is 2. The lowest BCUT2D eigenvalue weighted by molar-refractivity contribution is -0.127. The number of carbonyl (C=O) groups is 2. The molecule has 3 aromatic rings. The lowest BCUT2D eigenvalue weighted by atomic mass is 9.71. The molecule has 0 bridgehead atoms. The highest BCUT2D eigenvalue weighted by molar-refractivity contribution is 6.04. The van der Waals surface area contributed by atoms with E-state index < -0.39 is 0 Å². The summed E-state index contributed by atoms with van der Waals surface area (Å²) in [7, 11) is 0. The summed E-state index contributed by atoms with van der Waals surface area (Å²) in [6.45, 7) is 0.772. The van der Waals surface area contributed by atoms with E-state index in [4.69, 9.17) is 0 Å². The van der Waals surface area contributed by atoms with Crippen LogP contribution in [-0.2, 0) is 4.79 Å². The molecule has 5 rings (SSSR count). The van der Waals surface area contributed by atoms with Crippen molar-refractivity contribution in [1.29, 1.82) is 0 Å². The SMILES string of the molecule is O=C(NC1CCC2(CC1)CCN(c1ccccc1)C2=O)c1cccc2nccnc12. The van der Waals surface area contributed by atoms with Crippen LogP contribution >= 0.6 is 0 Å². The lowest BCUT2D eigenvalue weighted by Crippen LogP contribution is -2.44. The Hall–Kier alpha value is -3.28. The number of para-hydroxylation sites is 2. The topological polar surface area (TPSA) is 75.2 Å². The van der Waals surface area contributed by atoms with Crippen LogP contribution in [-0.4, -0.2) is 34.4 Å². The van der Waals surface area contributed by atoms with Gasteiger partial charge in [-0.15, -0.1) is 0 Å². The van der Waals surface area contributed by atoms with Gasteiger partial charge in [-0.3, -0.25) is 19.6 Å². The largest absolute Gasteiger partial charge is 0.349 e. The van der Waals surface area contributed by atoms with Gasteiger partial charge in [0.25, 0.3) is 5.91 Å². The van der Waals surface area contributed by atoms with Gasteiger partial charge in [0.2, 0.25) is 5.91 Å². The molecule has 1 N–H and O–H groups in total. The predicted molar refractivity (Wildman–Crippen MR) is 115 cm³/mol. The van der Waals surface area contributed by atoms with Crippen LogP contribution in [0.5, 0.6) is 0 Å². The highest BCUT2D eigenvalue weighted by atomic mass is 16.2. The van der Waals surface area contributed by atoms with Crippen molar-refractivity contribution in [2.75, 3.05) is 11.4 Å². The van der Waals surface area contributed by atoms with Crippen molar-refractivity contribution in [3.8, 4) is 0 Å². The van der Waals surface area contributed by atoms with E-state index >= 15 is 0 Å². The van der Waals surface area contributed by atoms with Gasteiger partial charge in [0.15, 0.2) is 0 Å². The van der Waals surface area contributed by atoms with Crippen LogP contribution in [0.4, 0.5) is 5.69 Å². The summed E-state index contributed by atoms with van der Waals surface area (Å²) in [6, 6.07) is 15.4. The van der Waals surface area contributed by atoms with E-state index in [-0.39, 0.29) is 23.3 Å². The van der Waals surface area contributed by atoms with E-state index in [1.54, 1.807) is 18.5 Å². The first-order valence-electron chi connectivity index (χ1n) is 10.5. The molecule has 2 heterocycles. The van der Waals surface area contributed by atoms with Crippen molar-refractivity contribution in [2.24, 2.45) is 5.41 Å². The molecular formula is C24H24N4O2. The summed E-state index contributed by atoms with van der Waals surface area (Å²) in [5.74, 6) is 0.119. The minimum absolute atomic E-state index is 0.0774. The quantitative estimate of drug-likeness (QED) is 0.727. The Kier molecular flexibility index (Phi) is 4.69. The fraction of sp³-hybridized carbons (Fsp3) is 0.333. The molecule has 6 heteroatoms. The lowest BCUT2D eigenvalue weighted by Gasteiger charge is -2.36. The Balaban J connectivity index is 1.25. The molecule has 1 aliphatic heterocycles. The van der Waals surface area contributed by atoms with Crippen molar-refractivity contribution in [3.63, 3.8) is 0 Å². The average molecular weight is 400 g/mol. The molecule has 6 nitrogen and oxygen atoms in total. The Bertz CT molecular complexity index is 1090. The smallest absolute Gasteiger partial charge is 0.253 e. The van der Waals surface area contributed by atoms with Crippen LogP contribution < -0.4 is 10.2 Å². The zero-order chi connectivity index (χ0) is 20.6. The molecule has 30 heavy (non-hydrogen) atoms. The fourth-order valence-corrected chi connectivity index (χ4v) is 4.89. The molecular weight excluding hydrogens is 376 g/mol. The van der Waals surface area contributed by atoms with Crippen LogP contribution in [0.15, 0.2) is 60.9 Å². The number of rotatable bonds is 3. The van der Waals surface area contributed by atoms with E-state index in [1.165, 1.54) is 0 Å². The van der Waals surface area contributed by atoms with Gasteiger partial charge in [0.05, 0.1) is 16.5 Å². The number of hydrogen-bond donors (Lipinski definition) is 1. The number of aromatic nitrogens is 2. The molecule has 0 atom stereocenters. The molecule has 2 aliphatic rings. The number of fused-ring (bicyclic) bond motifs is 1. The van der Waals surface area contributed by atoms with Crippen LogP contribution in [0.1, 0.15) is 42.5 Å². The van der Waals surface area contributed by atoms with Crippen LogP contribution in [0.3, 0.4) is 0 Å². The van der Waals surface area contributed by atoms with Crippen molar-refractivity contribution < 1.29 is 9.59 Å². The van der Waals surface area contributed by atoms with Crippen molar-refractivity contribution in [3.05, 3.63) is 66.5 Å². The number of hydrogen-bond acceptors (Lipinski definition) is 4. The van der Waals surface area contributed by atoms with E-state index in [1.807, 2.05) is 47.4 Å². The minimum atomic E-state index is -0.276. The Morgan fingerprint density at radius 2 is 1.73 bits per heavy atom. The van der Waals surface area contributed by atoms with E-state index in [0.717, 1.165) is 44.3 Å². The maximum absolute atomic E-state index is 13.2.